The van der Waals surface area contributed by atoms with Crippen molar-refractivity contribution in [3.05, 3.63) is 72.4 Å². The van der Waals surface area contributed by atoms with Crippen LogP contribution in [0.25, 0.3) is 10.9 Å². The number of nitrogens with zero attached hydrogens (tertiary/aromatic N) is 1. The number of rotatable bonds is 5. The molecule has 1 N–H and O–H groups in total. The summed E-state index contributed by atoms with van der Waals surface area (Å²) in [6.07, 6.45) is 2.95. The Balaban J connectivity index is 1.65. The molecule has 2 aromatic carbocycles. The maximum absolute atomic E-state index is 4.39. The van der Waals surface area contributed by atoms with Crippen LogP contribution in [0.3, 0.4) is 0 Å². The maximum atomic E-state index is 4.39. The highest BCUT2D eigenvalue weighted by molar-refractivity contribution is 5.91. The Bertz CT molecular complexity index is 702. The van der Waals surface area contributed by atoms with Crippen molar-refractivity contribution >= 4 is 16.6 Å². The molecule has 1 atom stereocenters. The predicted octanol–water partition coefficient (Wildman–Crippen LogP) is 4.84. The number of fused-ring (bicyclic) bond motifs is 1. The van der Waals surface area contributed by atoms with Gasteiger partial charge in [-0.15, -0.1) is 0 Å². The fourth-order valence-corrected chi connectivity index (χ4v) is 2.63. The van der Waals surface area contributed by atoms with Crippen LogP contribution in [0.5, 0.6) is 0 Å². The first-order valence-corrected chi connectivity index (χ1v) is 7.47. The van der Waals surface area contributed by atoms with E-state index in [-0.39, 0.29) is 0 Å². The van der Waals surface area contributed by atoms with Crippen molar-refractivity contribution in [2.45, 2.75) is 19.3 Å². The lowest BCUT2D eigenvalue weighted by Crippen LogP contribution is -2.06. The minimum Gasteiger partial charge on any atom is -0.384 e. The number of pyridine rings is 1. The second kappa shape index (κ2) is 6.40. The van der Waals surface area contributed by atoms with Crippen molar-refractivity contribution in [2.24, 2.45) is 0 Å². The van der Waals surface area contributed by atoms with E-state index in [2.05, 4.69) is 65.8 Å². The third-order valence-corrected chi connectivity index (χ3v) is 3.91. The van der Waals surface area contributed by atoms with Crippen molar-refractivity contribution in [1.29, 1.82) is 0 Å². The molecular weight excluding hydrogens is 256 g/mol. The molecule has 0 radical (unpaired) electrons. The van der Waals surface area contributed by atoms with Gasteiger partial charge in [-0.3, -0.25) is 4.98 Å². The van der Waals surface area contributed by atoms with Gasteiger partial charge in [0.2, 0.25) is 0 Å². The number of aromatic nitrogens is 1. The Morgan fingerprint density at radius 3 is 2.67 bits per heavy atom. The number of benzene rings is 2. The van der Waals surface area contributed by atoms with Crippen LogP contribution in [0.1, 0.15) is 24.8 Å². The molecule has 0 spiro atoms. The quantitative estimate of drug-likeness (QED) is 0.721. The molecule has 1 heterocycles. The van der Waals surface area contributed by atoms with Gasteiger partial charge < -0.3 is 5.32 Å². The van der Waals surface area contributed by atoms with Crippen molar-refractivity contribution < 1.29 is 0 Å². The highest BCUT2D eigenvalue weighted by Gasteiger charge is 2.05. The molecule has 106 valence electrons. The number of hydrogen-bond acceptors (Lipinski definition) is 2. The molecule has 0 aliphatic heterocycles. The van der Waals surface area contributed by atoms with Gasteiger partial charge in [-0.2, -0.15) is 0 Å². The van der Waals surface area contributed by atoms with Gasteiger partial charge in [0, 0.05) is 23.8 Å². The second-order valence-electron chi connectivity index (χ2n) is 5.40. The average Bonchev–Trinajstić information content (AvgIpc) is 2.56. The van der Waals surface area contributed by atoms with Crippen molar-refractivity contribution in [2.75, 3.05) is 11.9 Å². The van der Waals surface area contributed by atoms with Gasteiger partial charge in [-0.05, 0) is 42.2 Å². The van der Waals surface area contributed by atoms with E-state index in [1.165, 1.54) is 16.6 Å². The van der Waals surface area contributed by atoms with E-state index in [0.717, 1.165) is 18.5 Å². The van der Waals surface area contributed by atoms with Gasteiger partial charge in [-0.25, -0.2) is 0 Å². The molecule has 0 saturated carbocycles. The van der Waals surface area contributed by atoms with Crippen LogP contribution in [-0.4, -0.2) is 11.5 Å². The standard InChI is InChI=1S/C19H20N2/c1-15(16-7-3-2-4-8-16)12-14-21-19-11-5-10-18-17(19)9-6-13-20-18/h2-11,13,15,21H,12,14H2,1H3. The number of anilines is 1. The molecule has 21 heavy (non-hydrogen) atoms. The lowest BCUT2D eigenvalue weighted by Gasteiger charge is -2.14. The lowest BCUT2D eigenvalue weighted by molar-refractivity contribution is 0.706. The molecule has 0 bridgehead atoms. The van der Waals surface area contributed by atoms with E-state index < -0.39 is 0 Å². The summed E-state index contributed by atoms with van der Waals surface area (Å²) in [6, 6.07) is 21.0. The van der Waals surface area contributed by atoms with Crippen LogP contribution in [0.4, 0.5) is 5.69 Å². The molecule has 2 heteroatoms. The van der Waals surface area contributed by atoms with Crippen LogP contribution in [0.15, 0.2) is 66.9 Å². The molecule has 0 aliphatic rings. The van der Waals surface area contributed by atoms with E-state index in [0.29, 0.717) is 5.92 Å². The van der Waals surface area contributed by atoms with Gasteiger partial charge in [0.25, 0.3) is 0 Å². The highest BCUT2D eigenvalue weighted by Crippen LogP contribution is 2.23. The van der Waals surface area contributed by atoms with Crippen LogP contribution in [0.2, 0.25) is 0 Å². The first kappa shape index (κ1) is 13.6. The molecule has 0 aliphatic carbocycles. The molecule has 1 aromatic heterocycles. The topological polar surface area (TPSA) is 24.9 Å². The van der Waals surface area contributed by atoms with Gasteiger partial charge in [0.05, 0.1) is 5.52 Å². The van der Waals surface area contributed by atoms with E-state index in [4.69, 9.17) is 0 Å². The molecule has 3 aromatic rings. The summed E-state index contributed by atoms with van der Waals surface area (Å²) in [5, 5.41) is 4.74. The molecule has 3 rings (SSSR count). The van der Waals surface area contributed by atoms with Crippen LogP contribution in [0, 0.1) is 0 Å². The smallest absolute Gasteiger partial charge is 0.0722 e. The van der Waals surface area contributed by atoms with E-state index >= 15 is 0 Å². The third-order valence-electron chi connectivity index (χ3n) is 3.91. The summed E-state index contributed by atoms with van der Waals surface area (Å²) in [6.45, 7) is 3.24. The van der Waals surface area contributed by atoms with Crippen LogP contribution in [-0.2, 0) is 0 Å². The summed E-state index contributed by atoms with van der Waals surface area (Å²) in [7, 11) is 0. The minimum atomic E-state index is 0.562. The minimum absolute atomic E-state index is 0.562. The Hall–Kier alpha value is -2.35. The number of nitrogens with one attached hydrogen (secondary N) is 1. The van der Waals surface area contributed by atoms with Crippen LogP contribution < -0.4 is 5.32 Å². The van der Waals surface area contributed by atoms with Crippen LogP contribution >= 0.6 is 0 Å². The zero-order chi connectivity index (χ0) is 14.5. The van der Waals surface area contributed by atoms with E-state index in [9.17, 15) is 0 Å². The largest absolute Gasteiger partial charge is 0.384 e. The summed E-state index contributed by atoms with van der Waals surface area (Å²) in [5.41, 5.74) is 3.61. The Morgan fingerprint density at radius 2 is 1.81 bits per heavy atom. The third kappa shape index (κ3) is 3.22. The molecule has 0 amide bonds. The van der Waals surface area contributed by atoms with Crippen molar-refractivity contribution in [1.82, 2.24) is 4.98 Å². The Morgan fingerprint density at radius 1 is 0.952 bits per heavy atom. The first-order chi connectivity index (χ1) is 10.3. The first-order valence-electron chi connectivity index (χ1n) is 7.47. The van der Waals surface area contributed by atoms with Crippen molar-refractivity contribution in [3.8, 4) is 0 Å². The molecule has 0 fully saturated rings. The Labute approximate surface area is 125 Å². The monoisotopic (exact) mass is 276 g/mol. The molecule has 0 saturated heterocycles. The summed E-state index contributed by atoms with van der Waals surface area (Å²) in [5.74, 6) is 0.562. The second-order valence-corrected chi connectivity index (χ2v) is 5.40. The van der Waals surface area contributed by atoms with Crippen molar-refractivity contribution in [3.63, 3.8) is 0 Å². The van der Waals surface area contributed by atoms with Gasteiger partial charge in [0.15, 0.2) is 0 Å². The van der Waals surface area contributed by atoms with Gasteiger partial charge in [-0.1, -0.05) is 43.3 Å². The van der Waals surface area contributed by atoms with Gasteiger partial charge in [0.1, 0.15) is 0 Å². The molecular formula is C19H20N2. The SMILES string of the molecule is CC(CCNc1cccc2ncccc12)c1ccccc1. The lowest BCUT2D eigenvalue weighted by atomic mass is 9.98. The van der Waals surface area contributed by atoms with E-state index in [1.54, 1.807) is 0 Å². The fourth-order valence-electron chi connectivity index (χ4n) is 2.63. The van der Waals surface area contributed by atoms with Gasteiger partial charge >= 0.3 is 0 Å². The number of hydrogen-bond donors (Lipinski definition) is 1. The summed E-state index contributed by atoms with van der Waals surface area (Å²) < 4.78 is 0. The Kier molecular flexibility index (Phi) is 4.15. The zero-order valence-corrected chi connectivity index (χ0v) is 12.3. The molecule has 1 unspecified atom stereocenters. The summed E-state index contributed by atoms with van der Waals surface area (Å²) in [4.78, 5) is 4.39. The average molecular weight is 276 g/mol. The fraction of sp³-hybridized carbons (Fsp3) is 0.211. The predicted molar refractivity (Wildman–Crippen MR) is 89.7 cm³/mol. The normalized spacial score (nSPS) is 12.2. The zero-order valence-electron chi connectivity index (χ0n) is 12.3. The highest BCUT2D eigenvalue weighted by atomic mass is 14.9. The molecule has 2 nitrogen and oxygen atoms in total. The maximum Gasteiger partial charge on any atom is 0.0722 e. The summed E-state index contributed by atoms with van der Waals surface area (Å²) >= 11 is 0. The van der Waals surface area contributed by atoms with E-state index in [1.807, 2.05) is 18.3 Å².